The molecule has 0 fully saturated rings. The molecule has 0 aliphatic rings. The molecule has 0 aliphatic heterocycles. The van der Waals surface area contributed by atoms with Gasteiger partial charge in [-0.15, -0.1) is 0 Å². The molecule has 0 atom stereocenters. The Morgan fingerprint density at radius 3 is 2.78 bits per heavy atom. The number of carbonyl (C=O) groups excluding carboxylic acids is 1. The summed E-state index contributed by atoms with van der Waals surface area (Å²) < 4.78 is 1.77. The van der Waals surface area contributed by atoms with Crippen molar-refractivity contribution in [3.63, 3.8) is 0 Å². The molecule has 1 amide bonds. The van der Waals surface area contributed by atoms with E-state index in [1.165, 1.54) is 11.3 Å². The Labute approximate surface area is 155 Å². The Morgan fingerprint density at radius 2 is 2.04 bits per heavy atom. The fourth-order valence-electron chi connectivity index (χ4n) is 1.90. The Bertz CT molecular complexity index is 913. The van der Waals surface area contributed by atoms with Gasteiger partial charge < -0.3 is 5.32 Å². The lowest BCUT2D eigenvalue weighted by Crippen LogP contribution is -2.34. The normalized spacial score (nSPS) is 10.5. The van der Waals surface area contributed by atoms with Crippen molar-refractivity contribution in [2.24, 2.45) is 0 Å². The van der Waals surface area contributed by atoms with Crippen molar-refractivity contribution >= 4 is 77.5 Å². The third-order valence-corrected chi connectivity index (χ3v) is 4.84. The molecule has 0 unspecified atom stereocenters. The van der Waals surface area contributed by atoms with Gasteiger partial charge in [0, 0.05) is 10.0 Å². The fraction of sp³-hybridized carbons (Fsp3) is 0. The average molecular weight is 427 g/mol. The number of nitrogens with one attached hydrogen (secondary N) is 2. The second kappa shape index (κ2) is 6.92. The topological polar surface area (TPSA) is 54.0 Å². The number of carbonyl (C=O) groups is 1. The van der Waals surface area contributed by atoms with Crippen LogP contribution in [0.15, 0.2) is 46.9 Å². The average Bonchev–Trinajstić information content (AvgIpc) is 2.91. The third-order valence-electron chi connectivity index (χ3n) is 2.90. The molecular formula is C15H9BrClN3OS2. The fourth-order valence-corrected chi connectivity index (χ4v) is 3.73. The lowest BCUT2D eigenvalue weighted by molar-refractivity contribution is 0.0977. The first-order chi connectivity index (χ1) is 11.0. The van der Waals surface area contributed by atoms with Crippen molar-refractivity contribution < 1.29 is 4.79 Å². The van der Waals surface area contributed by atoms with E-state index in [0.717, 1.165) is 9.17 Å². The summed E-state index contributed by atoms with van der Waals surface area (Å²) in [6.07, 6.45) is 0. The number of fused-ring (bicyclic) bond motifs is 1. The maximum Gasteiger partial charge on any atom is 0.257 e. The maximum absolute atomic E-state index is 12.1. The zero-order chi connectivity index (χ0) is 16.4. The SMILES string of the molecule is O=C(NC(=S)Nc1nc2c(Cl)cccc2s1)c1cccc(Br)c1. The van der Waals surface area contributed by atoms with Gasteiger partial charge in [0.1, 0.15) is 5.52 Å². The summed E-state index contributed by atoms with van der Waals surface area (Å²) in [5, 5.41) is 6.88. The van der Waals surface area contributed by atoms with Gasteiger partial charge in [0.15, 0.2) is 10.2 Å². The number of anilines is 1. The van der Waals surface area contributed by atoms with Gasteiger partial charge in [0.2, 0.25) is 0 Å². The van der Waals surface area contributed by atoms with E-state index in [1.54, 1.807) is 24.3 Å². The summed E-state index contributed by atoms with van der Waals surface area (Å²) in [6, 6.07) is 12.6. The van der Waals surface area contributed by atoms with Crippen LogP contribution in [-0.4, -0.2) is 16.0 Å². The molecule has 3 aromatic rings. The minimum Gasteiger partial charge on any atom is -0.308 e. The molecule has 116 valence electrons. The quantitative estimate of drug-likeness (QED) is 0.576. The molecule has 3 rings (SSSR count). The highest BCUT2D eigenvalue weighted by Crippen LogP contribution is 2.30. The van der Waals surface area contributed by atoms with Crippen LogP contribution >= 0.6 is 51.1 Å². The van der Waals surface area contributed by atoms with E-state index in [-0.39, 0.29) is 11.0 Å². The number of hydrogen-bond acceptors (Lipinski definition) is 4. The number of thiocarbonyl (C=S) groups is 1. The van der Waals surface area contributed by atoms with Crippen molar-refractivity contribution in [2.45, 2.75) is 0 Å². The number of benzene rings is 2. The minimum absolute atomic E-state index is 0.185. The molecule has 0 saturated heterocycles. The Balaban J connectivity index is 1.71. The van der Waals surface area contributed by atoms with E-state index >= 15 is 0 Å². The Kier molecular flexibility index (Phi) is 4.91. The van der Waals surface area contributed by atoms with Crippen molar-refractivity contribution in [3.8, 4) is 0 Å². The van der Waals surface area contributed by atoms with Gasteiger partial charge in [-0.25, -0.2) is 4.98 Å². The van der Waals surface area contributed by atoms with E-state index in [9.17, 15) is 4.79 Å². The summed E-state index contributed by atoms with van der Waals surface area (Å²) in [6.45, 7) is 0. The van der Waals surface area contributed by atoms with E-state index in [2.05, 4.69) is 31.5 Å². The number of thiazole rings is 1. The molecule has 2 N–H and O–H groups in total. The van der Waals surface area contributed by atoms with E-state index in [4.69, 9.17) is 23.8 Å². The molecule has 23 heavy (non-hydrogen) atoms. The van der Waals surface area contributed by atoms with Crippen molar-refractivity contribution in [2.75, 3.05) is 5.32 Å². The molecule has 0 aliphatic carbocycles. The lowest BCUT2D eigenvalue weighted by Gasteiger charge is -2.07. The molecule has 4 nitrogen and oxygen atoms in total. The summed E-state index contributed by atoms with van der Waals surface area (Å²) in [7, 11) is 0. The third kappa shape index (κ3) is 3.87. The zero-order valence-corrected chi connectivity index (χ0v) is 15.4. The number of nitrogens with zero attached hydrogens (tertiary/aromatic N) is 1. The number of aromatic nitrogens is 1. The van der Waals surface area contributed by atoms with Crippen molar-refractivity contribution in [3.05, 3.63) is 57.5 Å². The van der Waals surface area contributed by atoms with Crippen LogP contribution in [0.3, 0.4) is 0 Å². The summed E-state index contributed by atoms with van der Waals surface area (Å²) >= 11 is 16.0. The van der Waals surface area contributed by atoms with Gasteiger partial charge in [0.25, 0.3) is 5.91 Å². The number of hydrogen-bond donors (Lipinski definition) is 2. The smallest absolute Gasteiger partial charge is 0.257 e. The standard InChI is InChI=1S/C15H9BrClN3OS2/c16-9-4-1-3-8(7-9)13(21)19-14(22)20-15-18-12-10(17)5-2-6-11(12)23-15/h1-7H,(H2,18,19,20,21,22). The maximum atomic E-state index is 12.1. The van der Waals surface area contributed by atoms with E-state index < -0.39 is 0 Å². The van der Waals surface area contributed by atoms with Gasteiger partial charge in [-0.05, 0) is 42.5 Å². The second-order valence-corrected chi connectivity index (χ2v) is 7.29. The molecule has 0 radical (unpaired) electrons. The largest absolute Gasteiger partial charge is 0.308 e. The number of para-hydroxylation sites is 1. The highest BCUT2D eigenvalue weighted by molar-refractivity contribution is 9.10. The number of halogens is 2. The molecule has 1 aromatic heterocycles. The second-order valence-electron chi connectivity index (χ2n) is 4.52. The van der Waals surface area contributed by atoms with Gasteiger partial charge in [-0.2, -0.15) is 0 Å². The molecule has 0 bridgehead atoms. The Morgan fingerprint density at radius 1 is 1.26 bits per heavy atom. The summed E-state index contributed by atoms with van der Waals surface area (Å²) in [4.78, 5) is 16.5. The van der Waals surface area contributed by atoms with E-state index in [1.807, 2.05) is 18.2 Å². The monoisotopic (exact) mass is 425 g/mol. The number of rotatable bonds is 2. The molecule has 2 aromatic carbocycles. The Hall–Kier alpha value is -1.54. The molecule has 0 saturated carbocycles. The van der Waals surface area contributed by atoms with Crippen LogP contribution in [0.25, 0.3) is 10.2 Å². The summed E-state index contributed by atoms with van der Waals surface area (Å²) in [5.41, 5.74) is 1.22. The molecular weight excluding hydrogens is 418 g/mol. The summed E-state index contributed by atoms with van der Waals surface area (Å²) in [5.74, 6) is -0.289. The first-order valence-electron chi connectivity index (χ1n) is 6.46. The highest BCUT2D eigenvalue weighted by Gasteiger charge is 2.11. The first-order valence-corrected chi connectivity index (χ1v) is 8.85. The van der Waals surface area contributed by atoms with Crippen molar-refractivity contribution in [1.82, 2.24) is 10.3 Å². The predicted molar refractivity (Wildman–Crippen MR) is 102 cm³/mol. The van der Waals surface area contributed by atoms with Crippen LogP contribution in [0.5, 0.6) is 0 Å². The van der Waals surface area contributed by atoms with Crippen LogP contribution in [0.1, 0.15) is 10.4 Å². The van der Waals surface area contributed by atoms with Gasteiger partial charge in [0.05, 0.1) is 9.72 Å². The van der Waals surface area contributed by atoms with Gasteiger partial charge in [-0.3, -0.25) is 10.1 Å². The molecule has 8 heteroatoms. The molecule has 1 heterocycles. The number of amides is 1. The van der Waals surface area contributed by atoms with Gasteiger partial charge >= 0.3 is 0 Å². The minimum atomic E-state index is -0.289. The highest BCUT2D eigenvalue weighted by atomic mass is 79.9. The van der Waals surface area contributed by atoms with Crippen LogP contribution < -0.4 is 10.6 Å². The van der Waals surface area contributed by atoms with E-state index in [0.29, 0.717) is 21.2 Å². The first kappa shape index (κ1) is 16.3. The van der Waals surface area contributed by atoms with Crippen LogP contribution in [-0.2, 0) is 0 Å². The van der Waals surface area contributed by atoms with Crippen molar-refractivity contribution in [1.29, 1.82) is 0 Å². The van der Waals surface area contributed by atoms with Crippen LogP contribution in [0.2, 0.25) is 5.02 Å². The predicted octanol–water partition coefficient (Wildman–Crippen LogP) is 4.84. The van der Waals surface area contributed by atoms with Gasteiger partial charge in [-0.1, -0.05) is 51.0 Å². The molecule has 0 spiro atoms. The van der Waals surface area contributed by atoms with Crippen LogP contribution in [0.4, 0.5) is 5.13 Å². The lowest BCUT2D eigenvalue weighted by atomic mass is 10.2. The van der Waals surface area contributed by atoms with Crippen LogP contribution in [0, 0.1) is 0 Å². The zero-order valence-electron chi connectivity index (χ0n) is 11.5.